The summed E-state index contributed by atoms with van der Waals surface area (Å²) >= 11 is 0. The van der Waals surface area contributed by atoms with Gasteiger partial charge >= 0.3 is 6.09 Å². The molecule has 0 atom stereocenters. The number of primary amides is 1. The van der Waals surface area contributed by atoms with Crippen LogP contribution < -0.4 is 15.8 Å². The Labute approximate surface area is 169 Å². The standard InChI is InChI=1S/C19H28N4O6/c1-5-6-21-16-14(23(26)27)7-13(17(20)24)8-15(16)28-11-12-9-22(10-12)18(25)29-19(2,3)4/h7-8,12,21H,5-6,9-11H2,1-4H3,(H2,20,24). The number of likely N-dealkylation sites (tertiary alicyclic amines) is 1. The van der Waals surface area contributed by atoms with E-state index in [0.717, 1.165) is 12.5 Å². The lowest BCUT2D eigenvalue weighted by atomic mass is 10.0. The second kappa shape index (κ2) is 8.97. The number of anilines is 1. The fourth-order valence-corrected chi connectivity index (χ4v) is 2.79. The number of carbonyl (C=O) groups is 2. The zero-order valence-electron chi connectivity index (χ0n) is 17.2. The van der Waals surface area contributed by atoms with Crippen molar-refractivity contribution >= 4 is 23.4 Å². The number of hydrogen-bond donors (Lipinski definition) is 2. The van der Waals surface area contributed by atoms with E-state index in [-0.39, 0.29) is 41.3 Å². The monoisotopic (exact) mass is 408 g/mol. The third kappa shape index (κ3) is 5.97. The SMILES string of the molecule is CCCNc1c(OCC2CN(C(=O)OC(C)(C)C)C2)cc(C(N)=O)cc1[N+](=O)[O-]. The number of carbonyl (C=O) groups excluding carboxylic acids is 2. The average Bonchev–Trinajstić information content (AvgIpc) is 2.56. The van der Waals surface area contributed by atoms with Gasteiger partial charge in [0, 0.05) is 37.2 Å². The summed E-state index contributed by atoms with van der Waals surface area (Å²) in [5.74, 6) is -0.533. The highest BCUT2D eigenvalue weighted by molar-refractivity contribution is 5.95. The van der Waals surface area contributed by atoms with E-state index >= 15 is 0 Å². The van der Waals surface area contributed by atoms with E-state index in [1.54, 1.807) is 25.7 Å². The van der Waals surface area contributed by atoms with Crippen LogP contribution in [0.15, 0.2) is 12.1 Å². The third-order valence-electron chi connectivity index (χ3n) is 4.20. The predicted octanol–water partition coefficient (Wildman–Crippen LogP) is 2.76. The first-order valence-electron chi connectivity index (χ1n) is 9.48. The van der Waals surface area contributed by atoms with E-state index in [4.69, 9.17) is 15.2 Å². The highest BCUT2D eigenvalue weighted by atomic mass is 16.6. The van der Waals surface area contributed by atoms with Gasteiger partial charge in [-0.3, -0.25) is 14.9 Å². The molecule has 0 unspecified atom stereocenters. The van der Waals surface area contributed by atoms with E-state index in [1.807, 2.05) is 6.92 Å². The van der Waals surface area contributed by atoms with Crippen molar-refractivity contribution in [1.82, 2.24) is 4.90 Å². The highest BCUT2D eigenvalue weighted by Gasteiger charge is 2.34. The van der Waals surface area contributed by atoms with Gasteiger partial charge in [0.15, 0.2) is 5.69 Å². The number of nitrogens with one attached hydrogen (secondary N) is 1. The normalized spacial score (nSPS) is 14.1. The van der Waals surface area contributed by atoms with Crippen LogP contribution in [0.4, 0.5) is 16.2 Å². The number of nitrogens with zero attached hydrogens (tertiary/aromatic N) is 2. The van der Waals surface area contributed by atoms with Crippen molar-refractivity contribution in [3.05, 3.63) is 27.8 Å². The summed E-state index contributed by atoms with van der Waals surface area (Å²) in [6.07, 6.45) is 0.368. The zero-order chi connectivity index (χ0) is 21.8. The van der Waals surface area contributed by atoms with Crippen molar-refractivity contribution in [3.8, 4) is 5.75 Å². The molecule has 0 aromatic heterocycles. The molecular weight excluding hydrogens is 380 g/mol. The van der Waals surface area contributed by atoms with Crippen molar-refractivity contribution in [2.75, 3.05) is 31.6 Å². The minimum absolute atomic E-state index is 0.00209. The summed E-state index contributed by atoms with van der Waals surface area (Å²) in [5, 5.41) is 14.4. The van der Waals surface area contributed by atoms with Crippen LogP contribution in [0, 0.1) is 16.0 Å². The molecule has 1 aromatic carbocycles. The van der Waals surface area contributed by atoms with Gasteiger partial charge in [-0.2, -0.15) is 0 Å². The molecular formula is C19H28N4O6. The minimum atomic E-state index is -0.778. The maximum atomic E-state index is 12.0. The van der Waals surface area contributed by atoms with Crippen LogP contribution in [0.2, 0.25) is 0 Å². The summed E-state index contributed by atoms with van der Waals surface area (Å²) in [5.41, 5.74) is 4.68. The maximum Gasteiger partial charge on any atom is 0.410 e. The van der Waals surface area contributed by atoms with Gasteiger partial charge in [0.25, 0.3) is 5.69 Å². The topological polar surface area (TPSA) is 137 Å². The van der Waals surface area contributed by atoms with Gasteiger partial charge in [-0.05, 0) is 33.3 Å². The predicted molar refractivity (Wildman–Crippen MR) is 107 cm³/mol. The summed E-state index contributed by atoms with van der Waals surface area (Å²) in [6.45, 7) is 8.99. The van der Waals surface area contributed by atoms with Crippen molar-refractivity contribution in [2.45, 2.75) is 39.7 Å². The smallest absolute Gasteiger partial charge is 0.410 e. The molecule has 0 saturated carbocycles. The van der Waals surface area contributed by atoms with Crippen molar-refractivity contribution in [2.24, 2.45) is 11.7 Å². The molecule has 0 spiro atoms. The van der Waals surface area contributed by atoms with Gasteiger partial charge in [0.1, 0.15) is 11.4 Å². The van der Waals surface area contributed by atoms with E-state index < -0.39 is 16.4 Å². The fraction of sp³-hybridized carbons (Fsp3) is 0.579. The number of nitrogens with two attached hydrogens (primary N) is 1. The quantitative estimate of drug-likeness (QED) is 0.498. The zero-order valence-corrected chi connectivity index (χ0v) is 17.2. The van der Waals surface area contributed by atoms with Gasteiger partial charge in [-0.15, -0.1) is 0 Å². The van der Waals surface area contributed by atoms with Crippen LogP contribution in [-0.2, 0) is 4.74 Å². The number of hydrogen-bond acceptors (Lipinski definition) is 7. The van der Waals surface area contributed by atoms with E-state index in [2.05, 4.69) is 5.32 Å². The lowest BCUT2D eigenvalue weighted by molar-refractivity contribution is -0.384. The Balaban J connectivity index is 2.09. The average molecular weight is 408 g/mol. The molecule has 1 heterocycles. The van der Waals surface area contributed by atoms with E-state index in [0.29, 0.717) is 19.6 Å². The van der Waals surface area contributed by atoms with Gasteiger partial charge in [0.2, 0.25) is 5.91 Å². The largest absolute Gasteiger partial charge is 0.491 e. The Morgan fingerprint density at radius 1 is 1.34 bits per heavy atom. The summed E-state index contributed by atoms with van der Waals surface area (Å²) in [4.78, 5) is 36.0. The number of ether oxygens (including phenoxy) is 2. The van der Waals surface area contributed by atoms with E-state index in [9.17, 15) is 19.7 Å². The second-order valence-electron chi connectivity index (χ2n) is 7.98. The molecule has 2 amide bonds. The molecule has 1 fully saturated rings. The summed E-state index contributed by atoms with van der Waals surface area (Å²) in [6, 6.07) is 2.54. The Morgan fingerprint density at radius 2 is 2.00 bits per heavy atom. The van der Waals surface area contributed by atoms with Gasteiger partial charge in [0.05, 0.1) is 11.5 Å². The molecule has 160 valence electrons. The Kier molecular flexibility index (Phi) is 6.89. The maximum absolute atomic E-state index is 12.0. The minimum Gasteiger partial charge on any atom is -0.491 e. The van der Waals surface area contributed by atoms with Gasteiger partial charge in [-0.1, -0.05) is 6.92 Å². The molecule has 10 nitrogen and oxygen atoms in total. The fourth-order valence-electron chi connectivity index (χ4n) is 2.79. The summed E-state index contributed by atoms with van der Waals surface area (Å²) in [7, 11) is 0. The molecule has 0 bridgehead atoms. The van der Waals surface area contributed by atoms with Crippen molar-refractivity contribution in [1.29, 1.82) is 0 Å². The molecule has 0 aliphatic carbocycles. The Morgan fingerprint density at radius 3 is 2.52 bits per heavy atom. The van der Waals surface area contributed by atoms with Crippen LogP contribution >= 0.6 is 0 Å². The second-order valence-corrected chi connectivity index (χ2v) is 7.98. The van der Waals surface area contributed by atoms with Crippen LogP contribution in [0.1, 0.15) is 44.5 Å². The first-order chi connectivity index (χ1) is 13.5. The number of nitro groups is 1. The van der Waals surface area contributed by atoms with Crippen molar-refractivity contribution < 1.29 is 24.0 Å². The Bertz CT molecular complexity index is 784. The molecule has 10 heteroatoms. The third-order valence-corrected chi connectivity index (χ3v) is 4.20. The lowest BCUT2D eigenvalue weighted by Crippen LogP contribution is -2.53. The molecule has 29 heavy (non-hydrogen) atoms. The molecule has 3 N–H and O–H groups in total. The molecule has 1 saturated heterocycles. The van der Waals surface area contributed by atoms with Crippen LogP contribution in [0.25, 0.3) is 0 Å². The highest BCUT2D eigenvalue weighted by Crippen LogP contribution is 2.36. The first kappa shape index (κ1) is 22.3. The van der Waals surface area contributed by atoms with Crippen molar-refractivity contribution in [3.63, 3.8) is 0 Å². The van der Waals surface area contributed by atoms with Crippen LogP contribution in [0.5, 0.6) is 5.75 Å². The number of amides is 2. The molecule has 1 aromatic rings. The van der Waals surface area contributed by atoms with Crippen LogP contribution in [0.3, 0.4) is 0 Å². The van der Waals surface area contributed by atoms with E-state index in [1.165, 1.54) is 6.07 Å². The Hall–Kier alpha value is -3.04. The first-order valence-corrected chi connectivity index (χ1v) is 9.48. The number of benzene rings is 1. The number of nitro benzene ring substituents is 1. The molecule has 0 radical (unpaired) electrons. The lowest BCUT2D eigenvalue weighted by Gasteiger charge is -2.39. The van der Waals surface area contributed by atoms with Gasteiger partial charge in [-0.25, -0.2) is 4.79 Å². The van der Waals surface area contributed by atoms with Gasteiger partial charge < -0.3 is 25.4 Å². The molecule has 2 rings (SSSR count). The molecule has 1 aliphatic heterocycles. The molecule has 1 aliphatic rings. The van der Waals surface area contributed by atoms with Crippen LogP contribution in [-0.4, -0.2) is 53.7 Å². The summed E-state index contributed by atoms with van der Waals surface area (Å²) < 4.78 is 11.1. The number of rotatable bonds is 8.